The Kier molecular flexibility index (Phi) is 4.12. The molecular formula is C11H16N2O2. The molecule has 0 saturated carbocycles. The summed E-state index contributed by atoms with van der Waals surface area (Å²) >= 11 is 0. The quantitative estimate of drug-likeness (QED) is 0.468. The monoisotopic (exact) mass is 208 g/mol. The van der Waals surface area contributed by atoms with Crippen LogP contribution in [0.3, 0.4) is 0 Å². The summed E-state index contributed by atoms with van der Waals surface area (Å²) in [5.41, 5.74) is 2.16. The number of hydrogen-bond acceptors (Lipinski definition) is 3. The minimum Gasteiger partial charge on any atom is -0.449 e. The molecule has 1 aromatic rings. The first-order valence-corrected chi connectivity index (χ1v) is 4.88. The van der Waals surface area contributed by atoms with Crippen LogP contribution in [0.5, 0.6) is 0 Å². The SMILES string of the molecule is CCOC(=O)N(N)Cc1ccc(C)cc1. The van der Waals surface area contributed by atoms with E-state index < -0.39 is 6.09 Å². The first-order valence-electron chi connectivity index (χ1n) is 4.88. The Morgan fingerprint density at radius 3 is 2.53 bits per heavy atom. The van der Waals surface area contributed by atoms with Gasteiger partial charge in [0.15, 0.2) is 0 Å². The van der Waals surface area contributed by atoms with Gasteiger partial charge in [-0.3, -0.25) is 0 Å². The Labute approximate surface area is 89.6 Å². The molecule has 0 bridgehead atoms. The van der Waals surface area contributed by atoms with Crippen LogP contribution in [-0.4, -0.2) is 17.7 Å². The van der Waals surface area contributed by atoms with Crippen molar-refractivity contribution in [3.05, 3.63) is 35.4 Å². The van der Waals surface area contributed by atoms with Gasteiger partial charge in [0, 0.05) is 0 Å². The Balaban J connectivity index is 2.54. The lowest BCUT2D eigenvalue weighted by Gasteiger charge is -2.15. The minimum absolute atomic E-state index is 0.334. The Morgan fingerprint density at radius 1 is 1.40 bits per heavy atom. The average molecular weight is 208 g/mol. The molecule has 0 unspecified atom stereocenters. The fourth-order valence-corrected chi connectivity index (χ4v) is 1.16. The van der Waals surface area contributed by atoms with Crippen molar-refractivity contribution in [2.45, 2.75) is 20.4 Å². The number of hydrogen-bond donors (Lipinski definition) is 1. The van der Waals surface area contributed by atoms with Gasteiger partial charge in [0.05, 0.1) is 13.2 Å². The summed E-state index contributed by atoms with van der Waals surface area (Å²) in [6.45, 7) is 4.45. The van der Waals surface area contributed by atoms with Crippen molar-refractivity contribution in [1.29, 1.82) is 0 Å². The van der Waals surface area contributed by atoms with Gasteiger partial charge in [0.2, 0.25) is 0 Å². The lowest BCUT2D eigenvalue weighted by molar-refractivity contribution is 0.105. The molecule has 1 rings (SSSR count). The highest BCUT2D eigenvalue weighted by molar-refractivity contribution is 5.66. The zero-order chi connectivity index (χ0) is 11.3. The number of amides is 1. The highest BCUT2D eigenvalue weighted by Crippen LogP contribution is 2.05. The van der Waals surface area contributed by atoms with Crippen molar-refractivity contribution >= 4 is 6.09 Å². The molecule has 0 aromatic heterocycles. The third-order valence-electron chi connectivity index (χ3n) is 1.98. The molecule has 0 spiro atoms. The molecule has 0 aliphatic rings. The summed E-state index contributed by atoms with van der Waals surface area (Å²) in [6, 6.07) is 7.84. The van der Waals surface area contributed by atoms with E-state index in [1.54, 1.807) is 6.92 Å². The van der Waals surface area contributed by atoms with Gasteiger partial charge in [0.1, 0.15) is 0 Å². The van der Waals surface area contributed by atoms with E-state index in [0.717, 1.165) is 10.6 Å². The van der Waals surface area contributed by atoms with Gasteiger partial charge >= 0.3 is 6.09 Å². The maximum Gasteiger partial charge on any atom is 0.424 e. The van der Waals surface area contributed by atoms with Gasteiger partial charge < -0.3 is 4.74 Å². The highest BCUT2D eigenvalue weighted by Gasteiger charge is 2.09. The summed E-state index contributed by atoms with van der Waals surface area (Å²) in [7, 11) is 0. The van der Waals surface area contributed by atoms with Crippen LogP contribution in [0.15, 0.2) is 24.3 Å². The van der Waals surface area contributed by atoms with Crippen LogP contribution in [0.2, 0.25) is 0 Å². The number of benzene rings is 1. The molecule has 4 heteroatoms. The van der Waals surface area contributed by atoms with Crippen LogP contribution in [-0.2, 0) is 11.3 Å². The Bertz CT molecular complexity index is 322. The first-order chi connectivity index (χ1) is 7.13. The van der Waals surface area contributed by atoms with E-state index in [-0.39, 0.29) is 0 Å². The number of nitrogens with zero attached hydrogens (tertiary/aromatic N) is 1. The molecule has 15 heavy (non-hydrogen) atoms. The van der Waals surface area contributed by atoms with Crippen LogP contribution in [0, 0.1) is 6.92 Å². The molecule has 0 saturated heterocycles. The van der Waals surface area contributed by atoms with Gasteiger partial charge in [-0.15, -0.1) is 0 Å². The maximum absolute atomic E-state index is 11.2. The molecule has 1 amide bonds. The zero-order valence-corrected chi connectivity index (χ0v) is 9.06. The number of hydrazine groups is 1. The normalized spacial score (nSPS) is 9.80. The highest BCUT2D eigenvalue weighted by atomic mass is 16.6. The lowest BCUT2D eigenvalue weighted by atomic mass is 10.1. The molecule has 0 fully saturated rings. The van der Waals surface area contributed by atoms with Gasteiger partial charge in [-0.2, -0.15) is 0 Å². The zero-order valence-electron chi connectivity index (χ0n) is 9.06. The molecule has 0 atom stereocenters. The molecule has 0 aliphatic heterocycles. The summed E-state index contributed by atoms with van der Waals surface area (Å²) < 4.78 is 4.76. The van der Waals surface area contributed by atoms with Gasteiger partial charge in [-0.05, 0) is 19.4 Å². The fourth-order valence-electron chi connectivity index (χ4n) is 1.16. The maximum atomic E-state index is 11.2. The second-order valence-electron chi connectivity index (χ2n) is 3.31. The smallest absolute Gasteiger partial charge is 0.424 e. The molecular weight excluding hydrogens is 192 g/mol. The van der Waals surface area contributed by atoms with Crippen molar-refractivity contribution in [2.75, 3.05) is 6.61 Å². The predicted octanol–water partition coefficient (Wildman–Crippen LogP) is 1.83. The topological polar surface area (TPSA) is 55.6 Å². The summed E-state index contributed by atoms with van der Waals surface area (Å²) in [4.78, 5) is 11.2. The van der Waals surface area contributed by atoms with Crippen molar-refractivity contribution in [2.24, 2.45) is 5.84 Å². The second kappa shape index (κ2) is 5.36. The average Bonchev–Trinajstić information content (AvgIpc) is 2.22. The number of aryl methyl sites for hydroxylation is 1. The van der Waals surface area contributed by atoms with Crippen LogP contribution < -0.4 is 5.84 Å². The van der Waals surface area contributed by atoms with E-state index in [1.165, 1.54) is 5.56 Å². The van der Waals surface area contributed by atoms with Gasteiger partial charge in [0.25, 0.3) is 0 Å². The Hall–Kier alpha value is -1.55. The van der Waals surface area contributed by atoms with E-state index >= 15 is 0 Å². The molecule has 0 heterocycles. The van der Waals surface area contributed by atoms with Gasteiger partial charge in [-0.1, -0.05) is 29.8 Å². The van der Waals surface area contributed by atoms with E-state index in [0.29, 0.717) is 13.2 Å². The molecule has 4 nitrogen and oxygen atoms in total. The molecule has 2 N–H and O–H groups in total. The van der Waals surface area contributed by atoms with Crippen LogP contribution in [0.1, 0.15) is 18.1 Å². The largest absolute Gasteiger partial charge is 0.449 e. The molecule has 0 radical (unpaired) electrons. The van der Waals surface area contributed by atoms with Crippen molar-refractivity contribution in [3.8, 4) is 0 Å². The van der Waals surface area contributed by atoms with Crippen LogP contribution in [0.4, 0.5) is 4.79 Å². The third kappa shape index (κ3) is 3.59. The third-order valence-corrected chi connectivity index (χ3v) is 1.98. The number of carbonyl (C=O) groups excluding carboxylic acids is 1. The van der Waals surface area contributed by atoms with Crippen molar-refractivity contribution in [3.63, 3.8) is 0 Å². The molecule has 1 aromatic carbocycles. The molecule has 82 valence electrons. The minimum atomic E-state index is -0.502. The standard InChI is InChI=1S/C11H16N2O2/c1-3-15-11(14)13(12)8-10-6-4-9(2)5-7-10/h4-7H,3,8,12H2,1-2H3. The number of carbonyl (C=O) groups is 1. The van der Waals surface area contributed by atoms with Crippen LogP contribution >= 0.6 is 0 Å². The predicted molar refractivity (Wildman–Crippen MR) is 57.9 cm³/mol. The van der Waals surface area contributed by atoms with E-state index in [9.17, 15) is 4.79 Å². The molecule has 0 aliphatic carbocycles. The van der Waals surface area contributed by atoms with E-state index in [1.807, 2.05) is 31.2 Å². The van der Waals surface area contributed by atoms with Crippen LogP contribution in [0.25, 0.3) is 0 Å². The summed E-state index contributed by atoms with van der Waals surface area (Å²) in [5, 5.41) is 1.06. The fraction of sp³-hybridized carbons (Fsp3) is 0.364. The second-order valence-corrected chi connectivity index (χ2v) is 3.31. The Morgan fingerprint density at radius 2 is 2.00 bits per heavy atom. The van der Waals surface area contributed by atoms with Crippen molar-refractivity contribution in [1.82, 2.24) is 5.01 Å². The van der Waals surface area contributed by atoms with E-state index in [2.05, 4.69) is 0 Å². The first kappa shape index (κ1) is 11.5. The lowest BCUT2D eigenvalue weighted by Crippen LogP contribution is -2.37. The number of rotatable bonds is 3. The van der Waals surface area contributed by atoms with Gasteiger partial charge in [-0.25, -0.2) is 15.6 Å². The number of ether oxygens (including phenoxy) is 1. The van der Waals surface area contributed by atoms with Crippen molar-refractivity contribution < 1.29 is 9.53 Å². The summed E-state index contributed by atoms with van der Waals surface area (Å²) in [6.07, 6.45) is -0.502. The summed E-state index contributed by atoms with van der Waals surface area (Å²) in [5.74, 6) is 5.53. The number of nitrogens with two attached hydrogens (primary N) is 1. The van der Waals surface area contributed by atoms with E-state index in [4.69, 9.17) is 10.6 Å².